The molecular formula is C34H40N4O5S. The molecule has 4 aliphatic rings. The van der Waals surface area contributed by atoms with Crippen LogP contribution in [-0.4, -0.2) is 106 Å². The van der Waals surface area contributed by atoms with E-state index in [1.807, 2.05) is 77.7 Å². The van der Waals surface area contributed by atoms with Crippen LogP contribution in [0.25, 0.3) is 6.08 Å². The first-order chi connectivity index (χ1) is 21.6. The van der Waals surface area contributed by atoms with Crippen LogP contribution in [-0.2, 0) is 19.1 Å². The fourth-order valence-corrected chi connectivity index (χ4v) is 7.98. The Balaban J connectivity index is 1.26. The topological polar surface area (TPSA) is 90.5 Å². The van der Waals surface area contributed by atoms with Crippen LogP contribution in [0.2, 0.25) is 0 Å². The molecule has 3 aliphatic heterocycles. The quantitative estimate of drug-likeness (QED) is 0.292. The van der Waals surface area contributed by atoms with Crippen molar-refractivity contribution in [1.82, 2.24) is 19.6 Å². The lowest BCUT2D eigenvalue weighted by Crippen LogP contribution is -2.74. The van der Waals surface area contributed by atoms with Crippen molar-refractivity contribution in [1.29, 1.82) is 0 Å². The van der Waals surface area contributed by atoms with Crippen LogP contribution in [0.1, 0.15) is 49.3 Å². The summed E-state index contributed by atoms with van der Waals surface area (Å²) in [4.78, 5) is 60.3. The second-order valence-corrected chi connectivity index (χ2v) is 13.0. The first-order valence-corrected chi connectivity index (χ1v) is 16.7. The molecule has 10 heteroatoms. The van der Waals surface area contributed by atoms with Crippen LogP contribution < -0.4 is 0 Å². The number of benzene rings is 2. The molecule has 3 amide bonds. The minimum Gasteiger partial charge on any atom is -0.447 e. The molecule has 0 N–H and O–H groups in total. The Kier molecular flexibility index (Phi) is 9.66. The second kappa shape index (κ2) is 14.0. The Bertz CT molecular complexity index is 1340. The Labute approximate surface area is 263 Å². The fraction of sp³-hybridized carbons (Fsp3) is 0.471. The highest BCUT2D eigenvalue weighted by atomic mass is 32.2. The average Bonchev–Trinajstić information content (AvgIpc) is 3.45. The molecule has 232 valence electrons. The normalized spacial score (nSPS) is 25.6. The number of cyclic esters (lactones) is 1. The van der Waals surface area contributed by atoms with Gasteiger partial charge in [0.2, 0.25) is 5.91 Å². The van der Waals surface area contributed by atoms with Crippen LogP contribution in [0.3, 0.4) is 0 Å². The number of nitrogens with zero attached hydrogens (tertiary/aromatic N) is 4. The van der Waals surface area contributed by atoms with Gasteiger partial charge < -0.3 is 19.3 Å². The lowest BCUT2D eigenvalue weighted by molar-refractivity contribution is -0.161. The van der Waals surface area contributed by atoms with E-state index < -0.39 is 29.6 Å². The summed E-state index contributed by atoms with van der Waals surface area (Å²) in [5.74, 6) is -0.390. The van der Waals surface area contributed by atoms with Crippen LogP contribution in [0, 0.1) is 0 Å². The number of β-lactam (4-membered cyclic amide) rings is 1. The highest BCUT2D eigenvalue weighted by molar-refractivity contribution is 8.01. The number of likely N-dealkylation sites (tertiary alicyclic amines) is 1. The summed E-state index contributed by atoms with van der Waals surface area (Å²) in [6.45, 7) is 2.97. The zero-order valence-electron chi connectivity index (χ0n) is 24.9. The predicted molar refractivity (Wildman–Crippen MR) is 170 cm³/mol. The monoisotopic (exact) mass is 616 g/mol. The summed E-state index contributed by atoms with van der Waals surface area (Å²) in [7, 11) is 0. The first-order valence-electron chi connectivity index (χ1n) is 15.7. The van der Waals surface area contributed by atoms with Gasteiger partial charge in [0.05, 0.1) is 17.8 Å². The van der Waals surface area contributed by atoms with Gasteiger partial charge in [-0.05, 0) is 24.0 Å². The van der Waals surface area contributed by atoms with Crippen LogP contribution in [0.5, 0.6) is 0 Å². The van der Waals surface area contributed by atoms with Crippen molar-refractivity contribution < 1.29 is 23.9 Å². The molecule has 0 bridgehead atoms. The summed E-state index contributed by atoms with van der Waals surface area (Å²) >= 11 is 1.17. The Morgan fingerprint density at radius 1 is 0.932 bits per heavy atom. The van der Waals surface area contributed by atoms with Crippen LogP contribution >= 0.6 is 11.8 Å². The Hall–Kier alpha value is -3.63. The number of amides is 3. The Morgan fingerprint density at radius 3 is 2.30 bits per heavy atom. The third kappa shape index (κ3) is 6.28. The van der Waals surface area contributed by atoms with E-state index in [1.165, 1.54) is 48.8 Å². The lowest BCUT2D eigenvalue weighted by Gasteiger charge is -2.52. The van der Waals surface area contributed by atoms with E-state index in [-0.39, 0.29) is 24.2 Å². The molecule has 6 rings (SSSR count). The first kappa shape index (κ1) is 30.4. The fourth-order valence-electron chi connectivity index (χ4n) is 7.03. The number of hydrogen-bond donors (Lipinski definition) is 0. The number of rotatable bonds is 10. The van der Waals surface area contributed by atoms with Gasteiger partial charge >= 0.3 is 6.09 Å². The molecular weight excluding hydrogens is 576 g/mol. The summed E-state index contributed by atoms with van der Waals surface area (Å²) in [6, 6.07) is 18.0. The van der Waals surface area contributed by atoms with Gasteiger partial charge in [0.25, 0.3) is 5.91 Å². The summed E-state index contributed by atoms with van der Waals surface area (Å²) in [6.07, 6.45) is 10.3. The van der Waals surface area contributed by atoms with E-state index in [0.717, 1.165) is 30.5 Å². The molecule has 4 fully saturated rings. The number of hydrogen-bond acceptors (Lipinski definition) is 7. The van der Waals surface area contributed by atoms with E-state index >= 15 is 0 Å². The summed E-state index contributed by atoms with van der Waals surface area (Å²) < 4.78 is 5.47. The van der Waals surface area contributed by atoms with Crippen molar-refractivity contribution in [3.05, 3.63) is 77.9 Å². The van der Waals surface area contributed by atoms with E-state index in [4.69, 9.17) is 4.74 Å². The van der Waals surface area contributed by atoms with Crippen LogP contribution in [0.15, 0.2) is 66.7 Å². The van der Waals surface area contributed by atoms with Gasteiger partial charge in [-0.2, -0.15) is 0 Å². The molecule has 3 saturated heterocycles. The van der Waals surface area contributed by atoms with Gasteiger partial charge in [-0.1, -0.05) is 92.1 Å². The molecule has 1 saturated carbocycles. The minimum atomic E-state index is -0.871. The number of aldehydes is 1. The third-order valence-electron chi connectivity index (χ3n) is 9.34. The highest BCUT2D eigenvalue weighted by Crippen LogP contribution is 2.40. The largest absolute Gasteiger partial charge is 0.447 e. The lowest BCUT2D eigenvalue weighted by atomic mass is 9.90. The van der Waals surface area contributed by atoms with E-state index in [1.54, 1.807) is 4.90 Å². The van der Waals surface area contributed by atoms with Crippen molar-refractivity contribution in [2.75, 3.05) is 38.5 Å². The molecule has 2 aromatic carbocycles. The molecule has 44 heavy (non-hydrogen) atoms. The molecule has 3 unspecified atom stereocenters. The van der Waals surface area contributed by atoms with E-state index in [0.29, 0.717) is 19.1 Å². The highest BCUT2D eigenvalue weighted by Gasteiger charge is 2.58. The number of carbonyl (C=O) groups is 4. The van der Waals surface area contributed by atoms with Gasteiger partial charge in [0, 0.05) is 32.2 Å². The van der Waals surface area contributed by atoms with Crippen molar-refractivity contribution in [2.24, 2.45) is 0 Å². The van der Waals surface area contributed by atoms with Gasteiger partial charge in [-0.3, -0.25) is 19.4 Å². The smallest absolute Gasteiger partial charge is 0.411 e. The predicted octanol–water partition coefficient (Wildman–Crippen LogP) is 4.21. The minimum absolute atomic E-state index is 0.0837. The summed E-state index contributed by atoms with van der Waals surface area (Å²) in [5, 5.41) is -0.871. The van der Waals surface area contributed by atoms with E-state index in [2.05, 4.69) is 4.90 Å². The number of carbonyl (C=O) groups excluding carboxylic acids is 4. The Morgan fingerprint density at radius 2 is 1.61 bits per heavy atom. The van der Waals surface area contributed by atoms with Crippen LogP contribution in [0.4, 0.5) is 4.79 Å². The summed E-state index contributed by atoms with van der Waals surface area (Å²) in [5.41, 5.74) is 1.82. The van der Waals surface area contributed by atoms with Crippen molar-refractivity contribution in [2.45, 2.75) is 61.6 Å². The molecule has 0 radical (unpaired) electrons. The van der Waals surface area contributed by atoms with Gasteiger partial charge in [-0.25, -0.2) is 4.79 Å². The molecule has 0 aromatic heterocycles. The second-order valence-electron chi connectivity index (χ2n) is 11.9. The van der Waals surface area contributed by atoms with Gasteiger partial charge in [0.1, 0.15) is 18.9 Å². The maximum absolute atomic E-state index is 14.1. The van der Waals surface area contributed by atoms with Crippen molar-refractivity contribution in [3.63, 3.8) is 0 Å². The zero-order chi connectivity index (χ0) is 30.5. The van der Waals surface area contributed by atoms with Gasteiger partial charge in [0.15, 0.2) is 5.37 Å². The maximum Gasteiger partial charge on any atom is 0.411 e. The number of piperazine rings is 1. The van der Waals surface area contributed by atoms with Crippen molar-refractivity contribution in [3.8, 4) is 0 Å². The molecule has 2 aromatic rings. The zero-order valence-corrected chi connectivity index (χ0v) is 25.7. The third-order valence-corrected chi connectivity index (χ3v) is 10.4. The standard InChI is InChI=1S/C34H40N4O5S/c39-22-23-44-33(32(41)36-20-18-35(19-21-36)27-14-8-3-9-15-27)38-28(17-16-25-10-4-1-5-11-25)30(31(38)40)37-29(24-43-34(37)42)26-12-6-2-7-13-26/h1-2,4-7,10-13,16-17,22,27-30,33H,3,8-9,14-15,18-21,23-24H2/b17-16+/t28?,29?,30?,33-/m0/s1. The average molecular weight is 617 g/mol. The molecule has 1 aliphatic carbocycles. The SMILES string of the molecule is O=CCS[C@@H](C(=O)N1CCN(C2CCCCC2)CC1)N1C(=O)C(N2C(=O)OCC2c2ccccc2)C1/C=C/c1ccccc1. The maximum atomic E-state index is 14.1. The number of ether oxygens (including phenoxy) is 1. The molecule has 0 spiro atoms. The van der Waals surface area contributed by atoms with E-state index in [9.17, 15) is 19.2 Å². The molecule has 4 atom stereocenters. The van der Waals surface area contributed by atoms with Gasteiger partial charge in [-0.15, -0.1) is 11.8 Å². The molecule has 3 heterocycles. The molecule has 9 nitrogen and oxygen atoms in total. The van der Waals surface area contributed by atoms with Crippen molar-refractivity contribution >= 4 is 42.0 Å². The number of thioether (sulfide) groups is 1.